The summed E-state index contributed by atoms with van der Waals surface area (Å²) in [4.78, 5) is 31.3. The third-order valence-corrected chi connectivity index (χ3v) is 5.79. The smallest absolute Gasteiger partial charge is 0.334 e. The van der Waals surface area contributed by atoms with Gasteiger partial charge < -0.3 is 40.0 Å². The monoisotopic (exact) mass is 470 g/mol. The number of aliphatic hydroxyl groups excluding tert-OH is 4. The van der Waals surface area contributed by atoms with Crippen LogP contribution in [0.15, 0.2) is 18.2 Å². The highest BCUT2D eigenvalue weighted by molar-refractivity contribution is 7.53. The van der Waals surface area contributed by atoms with Crippen LogP contribution in [-0.2, 0) is 15.1 Å². The van der Waals surface area contributed by atoms with Crippen LogP contribution in [0.4, 0.5) is 0 Å². The molecule has 11 heteroatoms. The SMILES string of the molecule is CC(C)(C)c1cccc(C(O)C(CO)(CO)CO)c1C(C)(C)C.OP(O)OP(O)O. The van der Waals surface area contributed by atoms with E-state index in [1.165, 1.54) is 0 Å². The number of rotatable bonds is 7. The highest BCUT2D eigenvalue weighted by atomic mass is 31.2. The third kappa shape index (κ3) is 8.34. The Balaban J connectivity index is 0.00000103. The summed E-state index contributed by atoms with van der Waals surface area (Å²) < 4.78 is 3.60. The predicted octanol–water partition coefficient (Wildman–Crippen LogP) is 1.70. The quantitative estimate of drug-likeness (QED) is 0.276. The van der Waals surface area contributed by atoms with Gasteiger partial charge in [0.1, 0.15) is 0 Å². The minimum absolute atomic E-state index is 0.112. The minimum Gasteiger partial charge on any atom is -0.395 e. The van der Waals surface area contributed by atoms with Crippen molar-refractivity contribution < 1.29 is 44.3 Å². The first-order valence-electron chi connectivity index (χ1n) is 9.25. The lowest BCUT2D eigenvalue weighted by atomic mass is 9.69. The van der Waals surface area contributed by atoms with Crippen molar-refractivity contribution in [2.45, 2.75) is 58.5 Å². The van der Waals surface area contributed by atoms with E-state index >= 15 is 0 Å². The number of benzene rings is 1. The predicted molar refractivity (Wildman–Crippen MR) is 116 cm³/mol. The molecule has 0 saturated carbocycles. The summed E-state index contributed by atoms with van der Waals surface area (Å²) in [6.07, 6.45) is -1.15. The van der Waals surface area contributed by atoms with Crippen molar-refractivity contribution in [3.05, 3.63) is 34.9 Å². The maximum absolute atomic E-state index is 10.9. The van der Waals surface area contributed by atoms with E-state index in [9.17, 15) is 20.4 Å². The number of aliphatic hydroxyl groups is 4. The first-order chi connectivity index (χ1) is 13.6. The standard InChI is InChI=1S/C19H32O4.H4O5P2/c1-17(2,3)14-9-7-8-13(15(14)18(4,5)6)16(23)19(10-20,11-21)12-22;1-6(2)5-7(3)4/h7-9,16,20-23H,10-12H2,1-6H3;1-4H. The molecule has 1 atom stereocenters. The van der Waals surface area contributed by atoms with Crippen molar-refractivity contribution in [2.75, 3.05) is 19.8 Å². The molecule has 1 aromatic carbocycles. The molecule has 1 aromatic rings. The Morgan fingerprint density at radius 3 is 1.50 bits per heavy atom. The Kier molecular flexibility index (Phi) is 12.0. The highest BCUT2D eigenvalue weighted by Crippen LogP contribution is 2.43. The molecule has 1 rings (SSSR count). The summed E-state index contributed by atoms with van der Waals surface area (Å²) in [5, 5.41) is 39.8. The van der Waals surface area contributed by atoms with E-state index in [1.54, 1.807) is 0 Å². The second-order valence-corrected chi connectivity index (χ2v) is 10.8. The van der Waals surface area contributed by atoms with Gasteiger partial charge in [-0.15, -0.1) is 0 Å². The zero-order valence-corrected chi connectivity index (χ0v) is 20.1. The second-order valence-electron chi connectivity index (χ2n) is 9.10. The van der Waals surface area contributed by atoms with Gasteiger partial charge in [0.2, 0.25) is 0 Å². The molecular weight excluding hydrogens is 434 g/mol. The fraction of sp³-hybridized carbons (Fsp3) is 0.684. The van der Waals surface area contributed by atoms with Crippen LogP contribution in [0.2, 0.25) is 0 Å². The Morgan fingerprint density at radius 2 is 1.23 bits per heavy atom. The van der Waals surface area contributed by atoms with E-state index in [1.807, 2.05) is 12.1 Å². The molecular formula is C19H36O9P2. The van der Waals surface area contributed by atoms with Crippen molar-refractivity contribution in [1.29, 1.82) is 0 Å². The lowest BCUT2D eigenvalue weighted by Gasteiger charge is -2.38. The van der Waals surface area contributed by atoms with Crippen LogP contribution >= 0.6 is 17.2 Å². The Morgan fingerprint density at radius 1 is 0.800 bits per heavy atom. The van der Waals surface area contributed by atoms with Crippen LogP contribution in [0, 0.1) is 5.41 Å². The van der Waals surface area contributed by atoms with Gasteiger partial charge in [0.05, 0.1) is 31.3 Å². The lowest BCUT2D eigenvalue weighted by molar-refractivity contribution is -0.0857. The van der Waals surface area contributed by atoms with Crippen LogP contribution in [0.5, 0.6) is 0 Å². The molecule has 0 aliphatic carbocycles. The fourth-order valence-electron chi connectivity index (χ4n) is 3.06. The molecule has 0 saturated heterocycles. The Labute approximate surface area is 180 Å². The second kappa shape index (κ2) is 12.1. The van der Waals surface area contributed by atoms with E-state index in [2.05, 4.69) is 51.9 Å². The first-order valence-corrected chi connectivity index (χ1v) is 11.6. The van der Waals surface area contributed by atoms with Gasteiger partial charge in [0.25, 0.3) is 0 Å². The molecule has 0 radical (unpaired) electrons. The summed E-state index contributed by atoms with van der Waals surface area (Å²) >= 11 is 0. The molecule has 8 N–H and O–H groups in total. The van der Waals surface area contributed by atoms with Crippen molar-refractivity contribution in [3.63, 3.8) is 0 Å². The van der Waals surface area contributed by atoms with Crippen molar-refractivity contribution in [2.24, 2.45) is 5.41 Å². The molecule has 0 bridgehead atoms. The third-order valence-electron chi connectivity index (χ3n) is 4.62. The zero-order chi connectivity index (χ0) is 23.9. The average molecular weight is 470 g/mol. The summed E-state index contributed by atoms with van der Waals surface area (Å²) in [7, 11) is -5.22. The Bertz CT molecular complexity index is 622. The molecule has 0 fully saturated rings. The minimum atomic E-state index is -2.61. The van der Waals surface area contributed by atoms with E-state index < -0.39 is 48.5 Å². The Hall–Kier alpha value is -0.280. The largest absolute Gasteiger partial charge is 0.395 e. The van der Waals surface area contributed by atoms with E-state index in [-0.39, 0.29) is 10.8 Å². The van der Waals surface area contributed by atoms with E-state index in [0.717, 1.165) is 11.1 Å². The topological polar surface area (TPSA) is 171 Å². The van der Waals surface area contributed by atoms with Crippen LogP contribution < -0.4 is 0 Å². The molecule has 30 heavy (non-hydrogen) atoms. The average Bonchev–Trinajstić information content (AvgIpc) is 2.60. The lowest BCUT2D eigenvalue weighted by Crippen LogP contribution is -2.41. The van der Waals surface area contributed by atoms with Crippen LogP contribution in [0.3, 0.4) is 0 Å². The van der Waals surface area contributed by atoms with Gasteiger partial charge in [-0.2, -0.15) is 0 Å². The molecule has 1 unspecified atom stereocenters. The van der Waals surface area contributed by atoms with Gasteiger partial charge in [-0.25, -0.2) is 4.31 Å². The van der Waals surface area contributed by atoms with Crippen molar-refractivity contribution >= 4 is 17.2 Å². The molecule has 0 aliphatic heterocycles. The molecule has 176 valence electrons. The van der Waals surface area contributed by atoms with Gasteiger partial charge in [-0.1, -0.05) is 59.7 Å². The number of hydrogen-bond donors (Lipinski definition) is 8. The first kappa shape index (κ1) is 29.7. The molecule has 0 spiro atoms. The molecule has 0 aliphatic rings. The summed E-state index contributed by atoms with van der Waals surface area (Å²) in [5.41, 5.74) is 1.06. The molecule has 0 heterocycles. The summed E-state index contributed by atoms with van der Waals surface area (Å²) in [6.45, 7) is 11.1. The maximum atomic E-state index is 10.9. The molecule has 0 aromatic heterocycles. The summed E-state index contributed by atoms with van der Waals surface area (Å²) in [5.74, 6) is 0. The van der Waals surface area contributed by atoms with Gasteiger partial charge >= 0.3 is 17.2 Å². The van der Waals surface area contributed by atoms with E-state index in [4.69, 9.17) is 19.6 Å². The summed E-state index contributed by atoms with van der Waals surface area (Å²) in [6, 6.07) is 5.75. The fourth-order valence-corrected chi connectivity index (χ4v) is 3.59. The van der Waals surface area contributed by atoms with Crippen molar-refractivity contribution in [3.8, 4) is 0 Å². The number of hydrogen-bond acceptors (Lipinski definition) is 9. The molecule has 0 amide bonds. The highest BCUT2D eigenvalue weighted by Gasteiger charge is 2.41. The van der Waals surface area contributed by atoms with Crippen molar-refractivity contribution in [1.82, 2.24) is 0 Å². The van der Waals surface area contributed by atoms with Crippen LogP contribution in [0.25, 0.3) is 0 Å². The van der Waals surface area contributed by atoms with E-state index in [0.29, 0.717) is 5.56 Å². The zero-order valence-electron chi connectivity index (χ0n) is 18.3. The van der Waals surface area contributed by atoms with Gasteiger partial charge in [0.15, 0.2) is 0 Å². The van der Waals surface area contributed by atoms with Gasteiger partial charge in [-0.3, -0.25) is 0 Å². The van der Waals surface area contributed by atoms with Gasteiger partial charge in [0, 0.05) is 0 Å². The normalized spacial score (nSPS) is 14.0. The van der Waals surface area contributed by atoms with Gasteiger partial charge in [-0.05, 0) is 27.5 Å². The van der Waals surface area contributed by atoms with Crippen LogP contribution in [-0.4, -0.2) is 59.8 Å². The molecule has 9 nitrogen and oxygen atoms in total. The maximum Gasteiger partial charge on any atom is 0.334 e. The van der Waals surface area contributed by atoms with Crippen LogP contribution in [0.1, 0.15) is 64.3 Å².